The molecule has 0 aromatic rings. The van der Waals surface area contributed by atoms with E-state index in [2.05, 4.69) is 6.92 Å². The van der Waals surface area contributed by atoms with Crippen molar-refractivity contribution in [3.63, 3.8) is 0 Å². The Morgan fingerprint density at radius 1 is 1.33 bits per heavy atom. The van der Waals surface area contributed by atoms with E-state index in [-0.39, 0.29) is 5.91 Å². The molecule has 1 atom stereocenters. The molecule has 0 aliphatic rings. The normalized spacial score (nSPS) is 13.4. The van der Waals surface area contributed by atoms with Crippen molar-refractivity contribution in [2.45, 2.75) is 59.0 Å². The maximum Gasteiger partial charge on any atom is 0.222 e. The van der Waals surface area contributed by atoms with Crippen molar-refractivity contribution in [2.24, 2.45) is 11.7 Å². The quantitative estimate of drug-likeness (QED) is 0.662. The second kappa shape index (κ2) is 8.48. The molecule has 0 fully saturated rings. The van der Waals surface area contributed by atoms with E-state index in [1.165, 1.54) is 0 Å². The van der Waals surface area contributed by atoms with Crippen LogP contribution in [0.1, 0.15) is 53.4 Å². The van der Waals surface area contributed by atoms with Gasteiger partial charge in [0, 0.05) is 19.5 Å². The van der Waals surface area contributed by atoms with Gasteiger partial charge in [-0.05, 0) is 46.1 Å². The first-order chi connectivity index (χ1) is 8.34. The molecule has 1 unspecified atom stereocenters. The van der Waals surface area contributed by atoms with E-state index in [9.17, 15) is 9.90 Å². The third kappa shape index (κ3) is 7.67. The van der Waals surface area contributed by atoms with Crippen molar-refractivity contribution in [1.29, 1.82) is 0 Å². The van der Waals surface area contributed by atoms with Crippen LogP contribution in [0.3, 0.4) is 0 Å². The molecule has 18 heavy (non-hydrogen) atoms. The van der Waals surface area contributed by atoms with E-state index in [1.807, 2.05) is 6.92 Å². The van der Waals surface area contributed by atoms with E-state index in [0.717, 1.165) is 19.3 Å². The summed E-state index contributed by atoms with van der Waals surface area (Å²) in [6.07, 6.45) is 3.51. The highest BCUT2D eigenvalue weighted by atomic mass is 16.3. The zero-order chi connectivity index (χ0) is 14.2. The molecule has 0 saturated carbocycles. The summed E-state index contributed by atoms with van der Waals surface area (Å²) in [6.45, 7) is 9.28. The Labute approximate surface area is 112 Å². The molecule has 0 aromatic heterocycles. The topological polar surface area (TPSA) is 66.6 Å². The van der Waals surface area contributed by atoms with Crippen molar-refractivity contribution in [3.8, 4) is 0 Å². The number of rotatable bonds is 9. The second-order valence-corrected chi connectivity index (χ2v) is 5.61. The highest BCUT2D eigenvalue weighted by Gasteiger charge is 2.21. The minimum absolute atomic E-state index is 0.134. The van der Waals surface area contributed by atoms with E-state index >= 15 is 0 Å². The molecule has 4 heteroatoms. The summed E-state index contributed by atoms with van der Waals surface area (Å²) >= 11 is 0. The number of nitrogens with zero attached hydrogens (tertiary/aromatic N) is 1. The second-order valence-electron chi connectivity index (χ2n) is 5.61. The van der Waals surface area contributed by atoms with Crippen LogP contribution < -0.4 is 5.73 Å². The Morgan fingerprint density at radius 2 is 1.94 bits per heavy atom. The van der Waals surface area contributed by atoms with Gasteiger partial charge in [-0.1, -0.05) is 13.3 Å². The van der Waals surface area contributed by atoms with E-state index in [1.54, 1.807) is 18.7 Å². The lowest BCUT2D eigenvalue weighted by molar-refractivity contribution is -0.134. The molecule has 0 rings (SSSR count). The zero-order valence-corrected chi connectivity index (χ0v) is 12.4. The van der Waals surface area contributed by atoms with Crippen molar-refractivity contribution in [1.82, 2.24) is 4.90 Å². The molecule has 4 nitrogen and oxygen atoms in total. The molecular weight excluding hydrogens is 228 g/mol. The number of hydrogen-bond donors (Lipinski definition) is 2. The van der Waals surface area contributed by atoms with Gasteiger partial charge in [0.2, 0.25) is 5.91 Å². The first-order valence-corrected chi connectivity index (χ1v) is 7.04. The number of likely N-dealkylation sites (N-methyl/N-ethyl adjacent to an activating group) is 1. The van der Waals surface area contributed by atoms with Crippen LogP contribution in [0.5, 0.6) is 0 Å². The molecule has 0 radical (unpaired) electrons. The van der Waals surface area contributed by atoms with Gasteiger partial charge in [0.1, 0.15) is 0 Å². The minimum atomic E-state index is -0.826. The van der Waals surface area contributed by atoms with Gasteiger partial charge in [0.25, 0.3) is 0 Å². The summed E-state index contributed by atoms with van der Waals surface area (Å²) in [7, 11) is 0. The van der Waals surface area contributed by atoms with Crippen molar-refractivity contribution in [2.75, 3.05) is 19.6 Å². The molecular formula is C14H30N2O2. The molecule has 0 bridgehead atoms. The SMILES string of the molecule is CCC(CCN)CCC(=O)N(CC)CC(C)(C)O. The molecule has 0 aliphatic carbocycles. The summed E-state index contributed by atoms with van der Waals surface area (Å²) in [6, 6.07) is 0. The Morgan fingerprint density at radius 3 is 2.33 bits per heavy atom. The molecule has 3 N–H and O–H groups in total. The van der Waals surface area contributed by atoms with Crippen LogP contribution in [-0.2, 0) is 4.79 Å². The predicted molar refractivity (Wildman–Crippen MR) is 75.2 cm³/mol. The highest BCUT2D eigenvalue weighted by Crippen LogP contribution is 2.16. The predicted octanol–water partition coefficient (Wildman–Crippen LogP) is 1.76. The van der Waals surface area contributed by atoms with Crippen LogP contribution in [0.25, 0.3) is 0 Å². The first kappa shape index (κ1) is 17.4. The van der Waals surface area contributed by atoms with Gasteiger partial charge in [0.05, 0.1) is 5.60 Å². The number of amides is 1. The smallest absolute Gasteiger partial charge is 0.222 e. The molecule has 1 amide bonds. The summed E-state index contributed by atoms with van der Waals surface area (Å²) in [4.78, 5) is 13.8. The number of aliphatic hydroxyl groups is 1. The Bertz CT molecular complexity index is 236. The third-order valence-corrected chi connectivity index (χ3v) is 3.23. The summed E-state index contributed by atoms with van der Waals surface area (Å²) in [5, 5.41) is 9.77. The largest absolute Gasteiger partial charge is 0.389 e. The van der Waals surface area contributed by atoms with Gasteiger partial charge in [-0.25, -0.2) is 0 Å². The number of hydrogen-bond acceptors (Lipinski definition) is 3. The van der Waals surface area contributed by atoms with E-state index < -0.39 is 5.60 Å². The van der Waals surface area contributed by atoms with Crippen LogP contribution in [0.2, 0.25) is 0 Å². The van der Waals surface area contributed by atoms with Gasteiger partial charge in [-0.2, -0.15) is 0 Å². The van der Waals surface area contributed by atoms with Gasteiger partial charge in [0.15, 0.2) is 0 Å². The average Bonchev–Trinajstić information content (AvgIpc) is 2.29. The maximum atomic E-state index is 12.1. The van der Waals surface area contributed by atoms with E-state index in [4.69, 9.17) is 5.73 Å². The Balaban J connectivity index is 4.19. The van der Waals surface area contributed by atoms with Crippen LogP contribution in [0.4, 0.5) is 0 Å². The van der Waals surface area contributed by atoms with Gasteiger partial charge in [-0.15, -0.1) is 0 Å². The highest BCUT2D eigenvalue weighted by molar-refractivity contribution is 5.76. The maximum absolute atomic E-state index is 12.1. The fourth-order valence-corrected chi connectivity index (χ4v) is 2.12. The molecule has 0 spiro atoms. The average molecular weight is 258 g/mol. The molecule has 108 valence electrons. The lowest BCUT2D eigenvalue weighted by atomic mass is 9.96. The van der Waals surface area contributed by atoms with Crippen molar-refractivity contribution < 1.29 is 9.90 Å². The van der Waals surface area contributed by atoms with Gasteiger partial charge in [-0.3, -0.25) is 4.79 Å². The van der Waals surface area contributed by atoms with Crippen LogP contribution in [0, 0.1) is 5.92 Å². The van der Waals surface area contributed by atoms with E-state index in [0.29, 0.717) is 32.0 Å². The van der Waals surface area contributed by atoms with Crippen LogP contribution in [-0.4, -0.2) is 41.1 Å². The lowest BCUT2D eigenvalue weighted by Crippen LogP contribution is -2.42. The summed E-state index contributed by atoms with van der Waals surface area (Å²) in [5.41, 5.74) is 4.73. The summed E-state index contributed by atoms with van der Waals surface area (Å²) < 4.78 is 0. The number of carbonyl (C=O) groups excluding carboxylic acids is 1. The van der Waals surface area contributed by atoms with Crippen molar-refractivity contribution >= 4 is 5.91 Å². The number of carbonyl (C=O) groups is 1. The van der Waals surface area contributed by atoms with Crippen molar-refractivity contribution in [3.05, 3.63) is 0 Å². The molecule has 0 saturated heterocycles. The Kier molecular flexibility index (Phi) is 8.20. The zero-order valence-electron chi connectivity index (χ0n) is 12.4. The lowest BCUT2D eigenvalue weighted by Gasteiger charge is -2.28. The van der Waals surface area contributed by atoms with Gasteiger partial charge >= 0.3 is 0 Å². The minimum Gasteiger partial charge on any atom is -0.389 e. The molecule has 0 heterocycles. The fourth-order valence-electron chi connectivity index (χ4n) is 2.12. The van der Waals surface area contributed by atoms with Gasteiger partial charge < -0.3 is 15.7 Å². The molecule has 0 aliphatic heterocycles. The summed E-state index contributed by atoms with van der Waals surface area (Å²) in [5.74, 6) is 0.676. The first-order valence-electron chi connectivity index (χ1n) is 7.04. The monoisotopic (exact) mass is 258 g/mol. The Hall–Kier alpha value is -0.610. The third-order valence-electron chi connectivity index (χ3n) is 3.23. The van der Waals surface area contributed by atoms with Crippen LogP contribution >= 0.6 is 0 Å². The molecule has 0 aromatic carbocycles. The number of nitrogens with two attached hydrogens (primary N) is 1. The fraction of sp³-hybridized carbons (Fsp3) is 0.929. The standard InChI is InChI=1S/C14H30N2O2/c1-5-12(9-10-15)7-8-13(17)16(6-2)11-14(3,4)18/h12,18H,5-11,15H2,1-4H3. The van der Waals surface area contributed by atoms with Crippen LogP contribution in [0.15, 0.2) is 0 Å².